The molecule has 1 rings (SSSR count). The Morgan fingerprint density at radius 3 is 2.88 bits per heavy atom. The normalized spacial score (nSPS) is 10.2. The van der Waals surface area contributed by atoms with Gasteiger partial charge in [0.2, 0.25) is 0 Å². The van der Waals surface area contributed by atoms with E-state index in [1.54, 1.807) is 0 Å². The van der Waals surface area contributed by atoms with Gasteiger partial charge in [0.25, 0.3) is 5.69 Å². The van der Waals surface area contributed by atoms with Gasteiger partial charge in [0.05, 0.1) is 11.1 Å². The number of hydrogen-bond acceptors (Lipinski definition) is 5. The molecule has 0 aromatic heterocycles. The third kappa shape index (κ3) is 2.94. The summed E-state index contributed by atoms with van der Waals surface area (Å²) in [6.45, 7) is 0. The van der Waals surface area contributed by atoms with E-state index in [9.17, 15) is 20.0 Å². The first-order chi connectivity index (χ1) is 7.50. The molecule has 0 bridgehead atoms. The van der Waals surface area contributed by atoms with Crippen molar-refractivity contribution in [2.24, 2.45) is 10.8 Å². The number of rotatable bonds is 3. The van der Waals surface area contributed by atoms with Crippen molar-refractivity contribution in [2.75, 3.05) is 0 Å². The Kier molecular flexibility index (Phi) is 3.38. The van der Waals surface area contributed by atoms with E-state index in [1.165, 1.54) is 0 Å². The number of carbonyl (C=O) groups is 1. The number of hydrazone groups is 1. The van der Waals surface area contributed by atoms with Crippen molar-refractivity contribution in [1.82, 2.24) is 5.43 Å². The molecule has 0 aliphatic carbocycles. The largest absolute Gasteiger partial charge is 0.507 e. The highest BCUT2D eigenvalue weighted by Crippen LogP contribution is 2.20. The molecule has 2 amide bonds. The van der Waals surface area contributed by atoms with Crippen molar-refractivity contribution < 1.29 is 14.8 Å². The van der Waals surface area contributed by atoms with Crippen LogP contribution in [0, 0.1) is 10.1 Å². The van der Waals surface area contributed by atoms with E-state index in [0.29, 0.717) is 0 Å². The lowest BCUT2D eigenvalue weighted by Crippen LogP contribution is -2.24. The second kappa shape index (κ2) is 4.73. The second-order valence-corrected chi connectivity index (χ2v) is 2.73. The quantitative estimate of drug-likeness (QED) is 0.387. The first kappa shape index (κ1) is 11.4. The molecule has 0 aliphatic heterocycles. The van der Waals surface area contributed by atoms with Gasteiger partial charge < -0.3 is 10.8 Å². The van der Waals surface area contributed by atoms with Crippen molar-refractivity contribution in [1.29, 1.82) is 0 Å². The molecule has 0 aliphatic rings. The molecule has 0 unspecified atom stereocenters. The SMILES string of the molecule is NC(=O)N/N=C\c1cc([N+](=O)[O-])ccc1O. The summed E-state index contributed by atoms with van der Waals surface area (Å²) in [6, 6.07) is 2.54. The van der Waals surface area contributed by atoms with Crippen LogP contribution < -0.4 is 11.2 Å². The first-order valence-corrected chi connectivity index (χ1v) is 4.06. The molecule has 0 fully saturated rings. The predicted molar refractivity (Wildman–Crippen MR) is 55.1 cm³/mol. The van der Waals surface area contributed by atoms with Crippen LogP contribution >= 0.6 is 0 Å². The molecule has 1 aromatic carbocycles. The third-order valence-corrected chi connectivity index (χ3v) is 1.60. The average molecular weight is 224 g/mol. The minimum absolute atomic E-state index is 0.1000. The van der Waals surface area contributed by atoms with Crippen LogP contribution in [0.3, 0.4) is 0 Å². The number of phenolic OH excluding ortho intramolecular Hbond substituents is 1. The number of hydrogen-bond donors (Lipinski definition) is 3. The molecule has 84 valence electrons. The molecule has 16 heavy (non-hydrogen) atoms. The monoisotopic (exact) mass is 224 g/mol. The Bertz CT molecular complexity index is 457. The molecule has 0 atom stereocenters. The van der Waals surface area contributed by atoms with Crippen LogP contribution in [-0.2, 0) is 0 Å². The highest BCUT2D eigenvalue weighted by atomic mass is 16.6. The van der Waals surface area contributed by atoms with E-state index in [-0.39, 0.29) is 17.0 Å². The van der Waals surface area contributed by atoms with Crippen LogP contribution in [0.15, 0.2) is 23.3 Å². The number of amides is 2. The zero-order valence-corrected chi connectivity index (χ0v) is 7.95. The molecule has 0 spiro atoms. The fraction of sp³-hybridized carbons (Fsp3) is 0. The number of aromatic hydroxyl groups is 1. The number of urea groups is 1. The number of nitrogens with two attached hydrogens (primary N) is 1. The summed E-state index contributed by atoms with van der Waals surface area (Å²) in [6.07, 6.45) is 1.05. The van der Waals surface area contributed by atoms with Crippen LogP contribution in [0.25, 0.3) is 0 Å². The molecular formula is C8H8N4O4. The molecular weight excluding hydrogens is 216 g/mol. The van der Waals surface area contributed by atoms with Crippen LogP contribution in [0.2, 0.25) is 0 Å². The van der Waals surface area contributed by atoms with Gasteiger partial charge >= 0.3 is 6.03 Å². The van der Waals surface area contributed by atoms with Gasteiger partial charge in [-0.1, -0.05) is 0 Å². The first-order valence-electron chi connectivity index (χ1n) is 4.06. The number of carbonyl (C=O) groups excluding carboxylic acids is 1. The van der Waals surface area contributed by atoms with Crippen LogP contribution in [0.4, 0.5) is 10.5 Å². The van der Waals surface area contributed by atoms with Crippen LogP contribution in [-0.4, -0.2) is 22.3 Å². The van der Waals surface area contributed by atoms with Crippen molar-refractivity contribution in [3.63, 3.8) is 0 Å². The molecule has 0 heterocycles. The maximum absolute atomic E-state index is 10.4. The zero-order chi connectivity index (χ0) is 12.1. The number of nitro benzene ring substituents is 1. The molecule has 4 N–H and O–H groups in total. The topological polar surface area (TPSA) is 131 Å². The van der Waals surface area contributed by atoms with E-state index >= 15 is 0 Å². The minimum atomic E-state index is -0.874. The lowest BCUT2D eigenvalue weighted by atomic mass is 10.2. The van der Waals surface area contributed by atoms with E-state index in [0.717, 1.165) is 24.4 Å². The Labute approximate surface area is 89.5 Å². The van der Waals surface area contributed by atoms with E-state index in [1.807, 2.05) is 5.43 Å². The van der Waals surface area contributed by atoms with Gasteiger partial charge in [-0.05, 0) is 6.07 Å². The summed E-state index contributed by atoms with van der Waals surface area (Å²) < 4.78 is 0. The van der Waals surface area contributed by atoms with Gasteiger partial charge in [0, 0.05) is 17.7 Å². The average Bonchev–Trinajstić information content (AvgIpc) is 2.20. The second-order valence-electron chi connectivity index (χ2n) is 2.73. The smallest absolute Gasteiger partial charge is 0.332 e. The van der Waals surface area contributed by atoms with Crippen molar-refractivity contribution >= 4 is 17.9 Å². The van der Waals surface area contributed by atoms with Gasteiger partial charge in [0.1, 0.15) is 5.75 Å². The van der Waals surface area contributed by atoms with Crippen molar-refractivity contribution in [3.05, 3.63) is 33.9 Å². The fourth-order valence-corrected chi connectivity index (χ4v) is 0.924. The van der Waals surface area contributed by atoms with E-state index in [2.05, 4.69) is 5.10 Å². The number of nitrogens with zero attached hydrogens (tertiary/aromatic N) is 2. The van der Waals surface area contributed by atoms with Gasteiger partial charge in [-0.2, -0.15) is 5.10 Å². The van der Waals surface area contributed by atoms with Gasteiger partial charge in [-0.25, -0.2) is 10.2 Å². The highest BCUT2D eigenvalue weighted by molar-refractivity contribution is 5.85. The number of non-ortho nitro benzene ring substituents is 1. The van der Waals surface area contributed by atoms with Gasteiger partial charge in [-0.15, -0.1) is 0 Å². The molecule has 0 saturated heterocycles. The Morgan fingerprint density at radius 1 is 1.62 bits per heavy atom. The summed E-state index contributed by atoms with van der Waals surface area (Å²) in [5.41, 5.74) is 6.54. The lowest BCUT2D eigenvalue weighted by molar-refractivity contribution is -0.384. The van der Waals surface area contributed by atoms with Gasteiger partial charge in [-0.3, -0.25) is 10.1 Å². The fourth-order valence-electron chi connectivity index (χ4n) is 0.924. The van der Waals surface area contributed by atoms with Crippen molar-refractivity contribution in [2.45, 2.75) is 0 Å². The number of primary amides is 1. The molecule has 1 aromatic rings. The minimum Gasteiger partial charge on any atom is -0.507 e. The molecule has 0 radical (unpaired) electrons. The summed E-state index contributed by atoms with van der Waals surface area (Å²) in [5.74, 6) is -0.194. The summed E-state index contributed by atoms with van der Waals surface area (Å²) in [4.78, 5) is 20.1. The summed E-state index contributed by atoms with van der Waals surface area (Å²) in [5, 5.41) is 23.1. The number of nitrogens with one attached hydrogen (secondary N) is 1. The summed E-state index contributed by atoms with van der Waals surface area (Å²) >= 11 is 0. The predicted octanol–water partition coefficient (Wildman–Crippen LogP) is 0.303. The summed E-state index contributed by atoms with van der Waals surface area (Å²) in [7, 11) is 0. The van der Waals surface area contributed by atoms with E-state index in [4.69, 9.17) is 5.73 Å². The number of phenols is 1. The zero-order valence-electron chi connectivity index (χ0n) is 7.95. The maximum Gasteiger partial charge on any atom is 0.332 e. The molecule has 8 nitrogen and oxygen atoms in total. The number of nitro groups is 1. The lowest BCUT2D eigenvalue weighted by Gasteiger charge is -1.98. The Morgan fingerprint density at radius 2 is 2.31 bits per heavy atom. The highest BCUT2D eigenvalue weighted by Gasteiger charge is 2.08. The van der Waals surface area contributed by atoms with Crippen LogP contribution in [0.5, 0.6) is 5.75 Å². The van der Waals surface area contributed by atoms with E-state index < -0.39 is 11.0 Å². The Hall–Kier alpha value is -2.64. The Balaban J connectivity index is 2.94. The van der Waals surface area contributed by atoms with Crippen LogP contribution in [0.1, 0.15) is 5.56 Å². The molecule has 0 saturated carbocycles. The third-order valence-electron chi connectivity index (χ3n) is 1.60. The standard InChI is InChI=1S/C8H8N4O4/c9-8(14)11-10-4-5-3-6(12(15)16)1-2-7(5)13/h1-4,13H,(H3,9,11,14)/b10-4-. The van der Waals surface area contributed by atoms with Crippen molar-refractivity contribution in [3.8, 4) is 5.75 Å². The number of benzene rings is 1. The maximum atomic E-state index is 10.4. The van der Waals surface area contributed by atoms with Gasteiger partial charge in [0.15, 0.2) is 0 Å². The molecule has 8 heteroatoms.